The molecule has 66 valence electrons. The third kappa shape index (κ3) is 1.41. The van der Waals surface area contributed by atoms with E-state index in [-0.39, 0.29) is 12.2 Å². The normalized spacial score (nSPS) is 28.2. The molecule has 0 aliphatic carbocycles. The summed E-state index contributed by atoms with van der Waals surface area (Å²) < 4.78 is 11.3. The molecule has 1 aliphatic heterocycles. The number of fused-ring (bicyclic) bond motifs is 1. The number of ether oxygens (including phenoxy) is 2. The second-order valence-corrected chi connectivity index (χ2v) is 3.94. The van der Waals surface area contributed by atoms with Gasteiger partial charge >= 0.3 is 0 Å². The summed E-state index contributed by atoms with van der Waals surface area (Å²) in [4.78, 5) is 0. The lowest BCUT2D eigenvalue weighted by atomic mass is 10.2. The molecule has 2 nitrogen and oxygen atoms in total. The van der Waals surface area contributed by atoms with Crippen molar-refractivity contribution < 1.29 is 9.47 Å². The van der Waals surface area contributed by atoms with Crippen LogP contribution in [-0.2, 0) is 0 Å². The van der Waals surface area contributed by atoms with Crippen LogP contribution < -0.4 is 9.47 Å². The summed E-state index contributed by atoms with van der Waals surface area (Å²) in [6.45, 7) is 4.15. The van der Waals surface area contributed by atoms with E-state index >= 15 is 0 Å². The molecular formula is C9H12O2S. The molecule has 0 bridgehead atoms. The van der Waals surface area contributed by atoms with Crippen molar-refractivity contribution in [3.05, 3.63) is 10.8 Å². The molecule has 1 aromatic rings. The van der Waals surface area contributed by atoms with Crippen molar-refractivity contribution in [3.8, 4) is 11.5 Å². The van der Waals surface area contributed by atoms with Crippen molar-refractivity contribution in [2.45, 2.75) is 32.5 Å². The highest BCUT2D eigenvalue weighted by molar-refractivity contribution is 7.08. The average molecular weight is 184 g/mol. The maximum Gasteiger partial charge on any atom is 0.172 e. The lowest BCUT2D eigenvalue weighted by molar-refractivity contribution is 0.168. The van der Waals surface area contributed by atoms with Crippen LogP contribution in [0.15, 0.2) is 10.8 Å². The van der Waals surface area contributed by atoms with Crippen LogP contribution in [0.25, 0.3) is 0 Å². The van der Waals surface area contributed by atoms with Gasteiger partial charge in [-0.25, -0.2) is 0 Å². The standard InChI is InChI=1S/C9H12O2S/c1-6-3-7(2)11-9-5-12-4-8(9)10-6/h4-7H,3H2,1-2H3. The van der Waals surface area contributed by atoms with Crippen LogP contribution in [0, 0.1) is 0 Å². The lowest BCUT2D eigenvalue weighted by Gasteiger charge is -2.11. The molecule has 0 radical (unpaired) electrons. The van der Waals surface area contributed by atoms with Gasteiger partial charge in [0.2, 0.25) is 0 Å². The molecule has 12 heavy (non-hydrogen) atoms. The molecule has 1 aliphatic rings. The minimum Gasteiger partial charge on any atom is -0.486 e. The fraction of sp³-hybridized carbons (Fsp3) is 0.556. The molecule has 0 amide bonds. The van der Waals surface area contributed by atoms with E-state index in [2.05, 4.69) is 13.8 Å². The van der Waals surface area contributed by atoms with E-state index in [9.17, 15) is 0 Å². The van der Waals surface area contributed by atoms with Crippen LogP contribution in [0.3, 0.4) is 0 Å². The van der Waals surface area contributed by atoms with E-state index in [0.717, 1.165) is 17.9 Å². The fourth-order valence-corrected chi connectivity index (χ4v) is 2.10. The summed E-state index contributed by atoms with van der Waals surface area (Å²) in [6.07, 6.45) is 1.48. The quantitative estimate of drug-likeness (QED) is 0.617. The predicted molar refractivity (Wildman–Crippen MR) is 49.1 cm³/mol. The van der Waals surface area contributed by atoms with Crippen LogP contribution in [0.2, 0.25) is 0 Å². The molecule has 2 rings (SSSR count). The van der Waals surface area contributed by atoms with Crippen molar-refractivity contribution in [2.75, 3.05) is 0 Å². The summed E-state index contributed by atoms with van der Waals surface area (Å²) in [7, 11) is 0. The maximum atomic E-state index is 5.65. The Morgan fingerprint density at radius 3 is 2.17 bits per heavy atom. The Labute approximate surface area is 76.1 Å². The zero-order valence-electron chi connectivity index (χ0n) is 7.24. The highest BCUT2D eigenvalue weighted by atomic mass is 32.1. The van der Waals surface area contributed by atoms with Gasteiger partial charge in [-0.3, -0.25) is 0 Å². The van der Waals surface area contributed by atoms with Gasteiger partial charge in [-0.1, -0.05) is 0 Å². The van der Waals surface area contributed by atoms with E-state index < -0.39 is 0 Å². The van der Waals surface area contributed by atoms with E-state index in [1.807, 2.05) is 10.8 Å². The predicted octanol–water partition coefficient (Wildman–Crippen LogP) is 2.69. The van der Waals surface area contributed by atoms with E-state index in [1.54, 1.807) is 11.3 Å². The smallest absolute Gasteiger partial charge is 0.172 e. The third-order valence-electron chi connectivity index (χ3n) is 1.91. The van der Waals surface area contributed by atoms with E-state index in [1.165, 1.54) is 0 Å². The van der Waals surface area contributed by atoms with Crippen molar-refractivity contribution >= 4 is 11.3 Å². The summed E-state index contributed by atoms with van der Waals surface area (Å²) in [5, 5.41) is 3.98. The van der Waals surface area contributed by atoms with Gasteiger partial charge in [-0.05, 0) is 13.8 Å². The van der Waals surface area contributed by atoms with Gasteiger partial charge in [0.15, 0.2) is 11.5 Å². The molecule has 3 heteroatoms. The van der Waals surface area contributed by atoms with Crippen molar-refractivity contribution in [1.29, 1.82) is 0 Å². The molecule has 2 atom stereocenters. The first kappa shape index (κ1) is 7.92. The highest BCUT2D eigenvalue weighted by Crippen LogP contribution is 2.36. The Morgan fingerprint density at radius 2 is 1.67 bits per heavy atom. The van der Waals surface area contributed by atoms with Gasteiger partial charge in [0.05, 0.1) is 12.2 Å². The van der Waals surface area contributed by atoms with Crippen LogP contribution in [0.5, 0.6) is 11.5 Å². The Morgan fingerprint density at radius 1 is 1.17 bits per heavy atom. The Bertz CT molecular complexity index is 245. The molecule has 1 aromatic heterocycles. The average Bonchev–Trinajstić information content (AvgIpc) is 2.31. The highest BCUT2D eigenvalue weighted by Gasteiger charge is 2.20. The second kappa shape index (κ2) is 2.98. The molecule has 0 N–H and O–H groups in total. The van der Waals surface area contributed by atoms with Gasteiger partial charge in [-0.2, -0.15) is 0 Å². The molecule has 0 saturated carbocycles. The summed E-state index contributed by atoms with van der Waals surface area (Å²) >= 11 is 1.62. The fourth-order valence-electron chi connectivity index (χ4n) is 1.44. The summed E-state index contributed by atoms with van der Waals surface area (Å²) in [5.74, 6) is 1.80. The van der Waals surface area contributed by atoms with Crippen molar-refractivity contribution in [2.24, 2.45) is 0 Å². The third-order valence-corrected chi connectivity index (χ3v) is 2.61. The second-order valence-electron chi connectivity index (χ2n) is 3.19. The van der Waals surface area contributed by atoms with E-state index in [0.29, 0.717) is 0 Å². The largest absolute Gasteiger partial charge is 0.486 e. The van der Waals surface area contributed by atoms with Gasteiger partial charge < -0.3 is 9.47 Å². The Hall–Kier alpha value is -0.700. The first-order chi connectivity index (χ1) is 5.75. The van der Waals surface area contributed by atoms with Gasteiger partial charge in [0, 0.05) is 17.2 Å². The molecule has 0 fully saturated rings. The molecule has 2 heterocycles. The molecular weight excluding hydrogens is 172 g/mol. The van der Waals surface area contributed by atoms with Crippen molar-refractivity contribution in [1.82, 2.24) is 0 Å². The monoisotopic (exact) mass is 184 g/mol. The minimum atomic E-state index is 0.260. The maximum absolute atomic E-state index is 5.65. The molecule has 2 unspecified atom stereocenters. The van der Waals surface area contributed by atoms with Gasteiger partial charge in [0.1, 0.15) is 0 Å². The zero-order valence-corrected chi connectivity index (χ0v) is 8.06. The van der Waals surface area contributed by atoms with Crippen molar-refractivity contribution in [3.63, 3.8) is 0 Å². The first-order valence-corrected chi connectivity index (χ1v) is 5.09. The Kier molecular flexibility index (Phi) is 1.97. The van der Waals surface area contributed by atoms with Gasteiger partial charge in [-0.15, -0.1) is 11.3 Å². The minimum absolute atomic E-state index is 0.260. The molecule has 0 spiro atoms. The Balaban J connectivity index is 2.27. The summed E-state index contributed by atoms with van der Waals surface area (Å²) in [6, 6.07) is 0. The SMILES string of the molecule is CC1CC(C)Oc2cscc2O1. The molecule has 0 saturated heterocycles. The van der Waals surface area contributed by atoms with Crippen LogP contribution in [0.1, 0.15) is 20.3 Å². The lowest BCUT2D eigenvalue weighted by Crippen LogP contribution is -2.18. The van der Waals surface area contributed by atoms with Crippen LogP contribution >= 0.6 is 11.3 Å². The summed E-state index contributed by atoms with van der Waals surface area (Å²) in [5.41, 5.74) is 0. The van der Waals surface area contributed by atoms with Crippen LogP contribution in [0.4, 0.5) is 0 Å². The van der Waals surface area contributed by atoms with E-state index in [4.69, 9.17) is 9.47 Å². The number of rotatable bonds is 0. The first-order valence-electron chi connectivity index (χ1n) is 4.15. The van der Waals surface area contributed by atoms with Crippen LogP contribution in [-0.4, -0.2) is 12.2 Å². The number of hydrogen-bond acceptors (Lipinski definition) is 3. The topological polar surface area (TPSA) is 18.5 Å². The molecule has 0 aromatic carbocycles. The number of hydrogen-bond donors (Lipinski definition) is 0. The number of thiophene rings is 1. The zero-order chi connectivity index (χ0) is 8.55. The van der Waals surface area contributed by atoms with Gasteiger partial charge in [0.25, 0.3) is 0 Å².